The molecule has 0 saturated heterocycles. The Hall–Kier alpha value is -3.29. The van der Waals surface area contributed by atoms with Gasteiger partial charge in [-0.15, -0.1) is 71.8 Å². The molecule has 0 spiro atoms. The summed E-state index contributed by atoms with van der Waals surface area (Å²) in [6.07, 6.45) is 6.37. The predicted molar refractivity (Wildman–Crippen MR) is 132 cm³/mol. The Kier molecular flexibility index (Phi) is 5.31. The number of anilines is 2. The summed E-state index contributed by atoms with van der Waals surface area (Å²) >= 11 is 0. The van der Waals surface area contributed by atoms with Gasteiger partial charge in [-0.05, 0) is 34.5 Å². The van der Waals surface area contributed by atoms with E-state index in [0.717, 1.165) is 41.2 Å². The van der Waals surface area contributed by atoms with E-state index in [-0.39, 0.29) is 27.2 Å². The summed E-state index contributed by atoms with van der Waals surface area (Å²) in [5.74, 6) is 1.33. The maximum atomic E-state index is 5.28. The minimum Gasteiger partial charge on any atom is -0.308 e. The van der Waals surface area contributed by atoms with Gasteiger partial charge in [-0.25, -0.2) is 0 Å². The molecule has 0 bridgehead atoms. The van der Waals surface area contributed by atoms with Crippen LogP contribution in [-0.2, 0) is 33.9 Å². The molecule has 0 saturated carbocycles. The van der Waals surface area contributed by atoms with Crippen molar-refractivity contribution in [2.75, 3.05) is 4.90 Å². The summed E-state index contributed by atoms with van der Waals surface area (Å²) in [6.45, 7) is 0. The van der Waals surface area contributed by atoms with Crippen LogP contribution in [0.5, 0.6) is 0 Å². The van der Waals surface area contributed by atoms with Crippen molar-refractivity contribution in [3.05, 3.63) is 125 Å². The second kappa shape index (κ2) is 8.49. The normalized spacial score (nSPS) is 19.3. The molecule has 4 heterocycles. The number of para-hydroxylation sites is 1. The van der Waals surface area contributed by atoms with Crippen molar-refractivity contribution < 1.29 is 21.1 Å². The van der Waals surface area contributed by atoms with E-state index in [2.05, 4.69) is 71.6 Å². The number of fused-ring (bicyclic) bond motifs is 4. The zero-order valence-electron chi connectivity index (χ0n) is 18.4. The van der Waals surface area contributed by atoms with E-state index in [9.17, 15) is 0 Å². The number of nitrogens with zero attached hydrogens (tertiary/aromatic N) is 3. The molecule has 4 aromatic rings. The molecule has 3 aliphatic heterocycles. The van der Waals surface area contributed by atoms with Gasteiger partial charge in [0, 0.05) is 12.3 Å². The summed E-state index contributed by atoms with van der Waals surface area (Å²) in [4.78, 5) is 12.9. The zero-order chi connectivity index (χ0) is 21.8. The molecule has 4 heteroatoms. The number of aliphatic imine (C=N–C) groups is 1. The quantitative estimate of drug-likeness (QED) is 0.260. The van der Waals surface area contributed by atoms with Crippen LogP contribution in [0.4, 0.5) is 11.5 Å². The van der Waals surface area contributed by atoms with E-state index >= 15 is 0 Å². The van der Waals surface area contributed by atoms with E-state index in [1.54, 1.807) is 0 Å². The number of dihydropyridines is 1. The number of hydrogen-bond acceptors (Lipinski definition) is 3. The average molecular weight is 619 g/mol. The van der Waals surface area contributed by atoms with Gasteiger partial charge in [0.1, 0.15) is 12.0 Å². The molecule has 3 nitrogen and oxygen atoms in total. The van der Waals surface area contributed by atoms with Crippen LogP contribution in [0.2, 0.25) is 0 Å². The van der Waals surface area contributed by atoms with Gasteiger partial charge in [-0.3, -0.25) is 4.98 Å². The largest absolute Gasteiger partial charge is 2.00 e. The maximum Gasteiger partial charge on any atom is 2.00 e. The van der Waals surface area contributed by atoms with Crippen LogP contribution in [0.3, 0.4) is 0 Å². The Morgan fingerprint density at radius 1 is 0.794 bits per heavy atom. The molecule has 34 heavy (non-hydrogen) atoms. The molecule has 0 radical (unpaired) electrons. The van der Waals surface area contributed by atoms with Crippen molar-refractivity contribution in [1.29, 1.82) is 0 Å². The SMILES string of the molecule is [Pt+2].[c-]1ccccc1C1=NC2C(C=C1)Cc1cccc3c1N2c1nc(-c2[c-]cccc2)ccc1C3. The summed E-state index contributed by atoms with van der Waals surface area (Å²) < 4.78 is 0. The maximum absolute atomic E-state index is 5.28. The summed E-state index contributed by atoms with van der Waals surface area (Å²) in [5, 5.41) is 0. The molecule has 166 valence electrons. The van der Waals surface area contributed by atoms with E-state index in [1.807, 2.05) is 36.4 Å². The Labute approximate surface area is 214 Å². The molecule has 2 unspecified atom stereocenters. The van der Waals surface area contributed by atoms with Gasteiger partial charge in [0.2, 0.25) is 0 Å². The van der Waals surface area contributed by atoms with Crippen LogP contribution in [0.1, 0.15) is 22.3 Å². The molecule has 0 aliphatic carbocycles. The Balaban J connectivity index is 0.00000217. The molecular formula is C30H21N3Pt. The van der Waals surface area contributed by atoms with Crippen LogP contribution >= 0.6 is 0 Å². The van der Waals surface area contributed by atoms with Crippen molar-refractivity contribution in [1.82, 2.24) is 4.98 Å². The number of pyridine rings is 1. The molecule has 0 amide bonds. The number of aromatic nitrogens is 1. The van der Waals surface area contributed by atoms with Gasteiger partial charge >= 0.3 is 21.1 Å². The number of rotatable bonds is 2. The number of hydrogen-bond donors (Lipinski definition) is 0. The third-order valence-electron chi connectivity index (χ3n) is 6.85. The standard InChI is InChI=1S/C30H21N3.Pt/c1-3-8-20(9-4-1)26-16-14-24-18-22-12-7-13-23-19-25-15-17-27(21-10-5-2-6-11-21)32-30(25)33(28(22)23)29(24)31-26;/h1-8,10,12-17,24,29H,18-19H2;/q-2;+2. The summed E-state index contributed by atoms with van der Waals surface area (Å²) in [5.41, 5.74) is 9.26. The molecule has 0 fully saturated rings. The molecule has 0 N–H and O–H groups in total. The molecule has 2 atom stereocenters. The summed E-state index contributed by atoms with van der Waals surface area (Å²) in [6, 6.07) is 33.8. The Morgan fingerprint density at radius 2 is 1.59 bits per heavy atom. The van der Waals surface area contributed by atoms with Gasteiger partial charge in [0.15, 0.2) is 0 Å². The first kappa shape index (κ1) is 21.3. The van der Waals surface area contributed by atoms with E-state index in [0.29, 0.717) is 5.92 Å². The van der Waals surface area contributed by atoms with Gasteiger partial charge in [-0.2, -0.15) is 0 Å². The first-order valence-corrected chi connectivity index (χ1v) is 11.5. The molecule has 3 aliphatic rings. The van der Waals surface area contributed by atoms with E-state index < -0.39 is 0 Å². The Morgan fingerprint density at radius 3 is 2.38 bits per heavy atom. The van der Waals surface area contributed by atoms with Crippen molar-refractivity contribution in [3.8, 4) is 11.3 Å². The fraction of sp³-hybridized carbons (Fsp3) is 0.133. The average Bonchev–Trinajstić information content (AvgIpc) is 2.89. The third kappa shape index (κ3) is 3.38. The van der Waals surface area contributed by atoms with Crippen LogP contribution in [0, 0.1) is 18.1 Å². The van der Waals surface area contributed by atoms with Gasteiger partial charge < -0.3 is 9.89 Å². The minimum absolute atomic E-state index is 0. The number of benzene rings is 3. The van der Waals surface area contributed by atoms with Crippen LogP contribution in [-0.4, -0.2) is 16.9 Å². The molecule has 1 aromatic heterocycles. The van der Waals surface area contributed by atoms with Gasteiger partial charge in [-0.1, -0.05) is 42.5 Å². The van der Waals surface area contributed by atoms with Crippen molar-refractivity contribution in [3.63, 3.8) is 0 Å². The van der Waals surface area contributed by atoms with Crippen LogP contribution < -0.4 is 4.90 Å². The smallest absolute Gasteiger partial charge is 0.308 e. The first-order chi connectivity index (χ1) is 16.3. The molecular weight excluding hydrogens is 597 g/mol. The third-order valence-corrected chi connectivity index (χ3v) is 6.85. The van der Waals surface area contributed by atoms with Crippen LogP contribution in [0.15, 0.2) is 96.0 Å². The molecule has 3 aromatic carbocycles. The number of allylic oxidation sites excluding steroid dienone is 1. The van der Waals surface area contributed by atoms with E-state index in [4.69, 9.17) is 9.98 Å². The van der Waals surface area contributed by atoms with Crippen molar-refractivity contribution in [2.45, 2.75) is 19.0 Å². The fourth-order valence-corrected chi connectivity index (χ4v) is 5.34. The monoisotopic (exact) mass is 618 g/mol. The summed E-state index contributed by atoms with van der Waals surface area (Å²) in [7, 11) is 0. The van der Waals surface area contributed by atoms with Crippen molar-refractivity contribution >= 4 is 17.2 Å². The zero-order valence-corrected chi connectivity index (χ0v) is 20.7. The van der Waals surface area contributed by atoms with Gasteiger partial charge in [0.05, 0.1) is 5.69 Å². The van der Waals surface area contributed by atoms with Gasteiger partial charge in [0.25, 0.3) is 0 Å². The fourth-order valence-electron chi connectivity index (χ4n) is 5.34. The second-order valence-corrected chi connectivity index (χ2v) is 8.86. The molecule has 7 rings (SSSR count). The van der Waals surface area contributed by atoms with Crippen LogP contribution in [0.25, 0.3) is 11.3 Å². The van der Waals surface area contributed by atoms with Crippen molar-refractivity contribution in [2.24, 2.45) is 10.9 Å². The Bertz CT molecular complexity index is 1430. The first-order valence-electron chi connectivity index (χ1n) is 11.5. The minimum atomic E-state index is -0.0196. The topological polar surface area (TPSA) is 28.5 Å². The predicted octanol–water partition coefficient (Wildman–Crippen LogP) is 5.95. The second-order valence-electron chi connectivity index (χ2n) is 8.86. The van der Waals surface area contributed by atoms with E-state index in [1.165, 1.54) is 22.4 Å².